The summed E-state index contributed by atoms with van der Waals surface area (Å²) in [5.74, 6) is 0.0716. The number of imide groups is 1. The lowest BCUT2D eigenvalue weighted by Gasteiger charge is -2.19. The molecule has 0 radical (unpaired) electrons. The van der Waals surface area contributed by atoms with E-state index >= 15 is 0 Å². The molecule has 1 saturated heterocycles. The molecule has 5 nitrogen and oxygen atoms in total. The van der Waals surface area contributed by atoms with Crippen molar-refractivity contribution in [1.82, 2.24) is 4.90 Å². The zero-order valence-electron chi connectivity index (χ0n) is 13.5. The summed E-state index contributed by atoms with van der Waals surface area (Å²) < 4.78 is 0.824. The Kier molecular flexibility index (Phi) is 4.36. The van der Waals surface area contributed by atoms with Crippen LogP contribution in [0.15, 0.2) is 22.7 Å². The zero-order chi connectivity index (χ0) is 17.7. The molecule has 7 heteroatoms. The molecule has 3 aliphatic rings. The molecule has 2 aliphatic carbocycles. The van der Waals surface area contributed by atoms with Gasteiger partial charge >= 0.3 is 0 Å². The van der Waals surface area contributed by atoms with Crippen molar-refractivity contribution in [3.8, 4) is 0 Å². The van der Waals surface area contributed by atoms with Crippen LogP contribution in [0.2, 0.25) is 5.02 Å². The van der Waals surface area contributed by atoms with Crippen molar-refractivity contribution in [2.75, 3.05) is 11.9 Å². The molecule has 1 heterocycles. The highest BCUT2D eigenvalue weighted by molar-refractivity contribution is 9.10. The zero-order valence-corrected chi connectivity index (χ0v) is 15.8. The van der Waals surface area contributed by atoms with Gasteiger partial charge in [-0.1, -0.05) is 27.5 Å². The van der Waals surface area contributed by atoms with Crippen molar-refractivity contribution < 1.29 is 14.4 Å². The van der Waals surface area contributed by atoms with Crippen LogP contribution in [-0.2, 0) is 14.4 Å². The van der Waals surface area contributed by atoms with Crippen LogP contribution in [0.1, 0.15) is 25.7 Å². The largest absolute Gasteiger partial charge is 0.325 e. The third-order valence-corrected chi connectivity index (χ3v) is 6.59. The Morgan fingerprint density at radius 2 is 1.84 bits per heavy atom. The normalized spacial score (nSPS) is 30.1. The van der Waals surface area contributed by atoms with Gasteiger partial charge in [0.15, 0.2) is 0 Å². The first-order valence-corrected chi connectivity index (χ1v) is 9.73. The van der Waals surface area contributed by atoms with Gasteiger partial charge < -0.3 is 5.32 Å². The minimum atomic E-state index is -0.259. The molecule has 132 valence electrons. The number of carbonyl (C=O) groups is 3. The second-order valence-electron chi connectivity index (χ2n) is 7.14. The smallest absolute Gasteiger partial charge is 0.233 e. The van der Waals surface area contributed by atoms with Crippen molar-refractivity contribution >= 4 is 50.9 Å². The van der Waals surface area contributed by atoms with Crippen LogP contribution < -0.4 is 5.32 Å². The van der Waals surface area contributed by atoms with E-state index in [0.717, 1.165) is 23.7 Å². The quantitative estimate of drug-likeness (QED) is 0.751. The Morgan fingerprint density at radius 1 is 1.20 bits per heavy atom. The summed E-state index contributed by atoms with van der Waals surface area (Å²) in [5.41, 5.74) is 0.517. The number of benzene rings is 1. The molecule has 0 unspecified atom stereocenters. The fourth-order valence-corrected chi connectivity index (χ4v) is 5.43. The Balaban J connectivity index is 1.37. The summed E-state index contributed by atoms with van der Waals surface area (Å²) in [6, 6.07) is 5.19. The van der Waals surface area contributed by atoms with Gasteiger partial charge in [-0.05, 0) is 49.3 Å². The molecule has 1 aromatic carbocycles. The maximum atomic E-state index is 12.6. The lowest BCUT2D eigenvalue weighted by Crippen LogP contribution is -2.35. The Bertz CT molecular complexity index is 741. The van der Waals surface area contributed by atoms with Crippen molar-refractivity contribution in [3.05, 3.63) is 27.7 Å². The monoisotopic (exact) mass is 424 g/mol. The maximum absolute atomic E-state index is 12.6. The summed E-state index contributed by atoms with van der Waals surface area (Å²) in [7, 11) is 0. The Morgan fingerprint density at radius 3 is 2.44 bits per heavy atom. The molecule has 0 aromatic heterocycles. The van der Waals surface area contributed by atoms with E-state index in [2.05, 4.69) is 21.2 Å². The van der Waals surface area contributed by atoms with Gasteiger partial charge in [0.05, 0.1) is 22.5 Å². The predicted molar refractivity (Wildman–Crippen MR) is 96.9 cm³/mol. The molecule has 2 bridgehead atoms. The lowest BCUT2D eigenvalue weighted by atomic mass is 9.81. The van der Waals surface area contributed by atoms with Gasteiger partial charge in [-0.15, -0.1) is 0 Å². The fraction of sp³-hybridized carbons (Fsp3) is 0.500. The van der Waals surface area contributed by atoms with E-state index in [0.29, 0.717) is 22.5 Å². The van der Waals surface area contributed by atoms with E-state index < -0.39 is 0 Å². The second kappa shape index (κ2) is 6.40. The van der Waals surface area contributed by atoms with Crippen molar-refractivity contribution in [1.29, 1.82) is 0 Å². The maximum Gasteiger partial charge on any atom is 0.233 e. The molecule has 0 spiro atoms. The van der Waals surface area contributed by atoms with E-state index in [1.165, 1.54) is 4.90 Å². The summed E-state index contributed by atoms with van der Waals surface area (Å²) in [4.78, 5) is 38.7. The fourth-order valence-electron chi connectivity index (χ4n) is 4.71. The minimum absolute atomic E-state index is 0.0725. The number of carbonyl (C=O) groups excluding carboxylic acids is 3. The summed E-state index contributed by atoms with van der Waals surface area (Å²) in [6.07, 6.45) is 3.21. The van der Waals surface area contributed by atoms with Gasteiger partial charge in [0.2, 0.25) is 17.7 Å². The van der Waals surface area contributed by atoms with E-state index in [9.17, 15) is 14.4 Å². The van der Waals surface area contributed by atoms with Gasteiger partial charge in [-0.3, -0.25) is 19.3 Å². The number of hydrogen-bond acceptors (Lipinski definition) is 3. The van der Waals surface area contributed by atoms with Crippen molar-refractivity contribution in [3.63, 3.8) is 0 Å². The standard InChI is InChI=1S/C18H18BrClN2O3/c19-11-3-4-13(12(20)8-11)21-14(23)5-6-22-17(24)15-9-1-2-10(7-9)16(15)18(22)25/h3-4,8-10,15-16H,1-2,5-7H2,(H,21,23)/t9-,10-,15-,16-/m0/s1. The summed E-state index contributed by atoms with van der Waals surface area (Å²) >= 11 is 9.40. The second-order valence-corrected chi connectivity index (χ2v) is 8.46. The van der Waals surface area contributed by atoms with Gasteiger partial charge in [0.25, 0.3) is 0 Å². The third-order valence-electron chi connectivity index (χ3n) is 5.79. The lowest BCUT2D eigenvalue weighted by molar-refractivity contribution is -0.140. The van der Waals surface area contributed by atoms with Crippen LogP contribution >= 0.6 is 27.5 Å². The first-order chi connectivity index (χ1) is 12.0. The van der Waals surface area contributed by atoms with Gasteiger partial charge in [-0.2, -0.15) is 0 Å². The highest BCUT2D eigenvalue weighted by atomic mass is 79.9. The molecule has 4 atom stereocenters. The highest BCUT2D eigenvalue weighted by Gasteiger charge is 2.60. The van der Waals surface area contributed by atoms with Crippen LogP contribution in [0, 0.1) is 23.7 Å². The number of rotatable bonds is 4. The van der Waals surface area contributed by atoms with E-state index in [1.54, 1.807) is 18.2 Å². The van der Waals surface area contributed by atoms with Crippen molar-refractivity contribution in [2.24, 2.45) is 23.7 Å². The molecular weight excluding hydrogens is 408 g/mol. The van der Waals surface area contributed by atoms with Crippen LogP contribution in [0.5, 0.6) is 0 Å². The Labute approximate surface area is 159 Å². The molecule has 3 amide bonds. The van der Waals surface area contributed by atoms with Crippen molar-refractivity contribution in [2.45, 2.75) is 25.7 Å². The van der Waals surface area contributed by atoms with E-state index in [1.807, 2.05) is 0 Å². The average Bonchev–Trinajstić information content (AvgIpc) is 3.23. The topological polar surface area (TPSA) is 66.5 Å². The van der Waals surface area contributed by atoms with Gasteiger partial charge in [0, 0.05) is 17.4 Å². The van der Waals surface area contributed by atoms with E-state index in [4.69, 9.17) is 11.6 Å². The number of nitrogens with zero attached hydrogens (tertiary/aromatic N) is 1. The summed E-state index contributed by atoms with van der Waals surface area (Å²) in [5, 5.41) is 3.16. The molecule has 4 rings (SSSR count). The van der Waals surface area contributed by atoms with E-state index in [-0.39, 0.29) is 42.5 Å². The number of fused-ring (bicyclic) bond motifs is 5. The van der Waals surface area contributed by atoms with Crippen LogP contribution in [0.4, 0.5) is 5.69 Å². The number of nitrogens with one attached hydrogen (secondary N) is 1. The first-order valence-electron chi connectivity index (χ1n) is 8.56. The van der Waals surface area contributed by atoms with Gasteiger partial charge in [-0.25, -0.2) is 0 Å². The third kappa shape index (κ3) is 2.89. The number of anilines is 1. The molecule has 1 aromatic rings. The average molecular weight is 426 g/mol. The predicted octanol–water partition coefficient (Wildman–Crippen LogP) is 3.46. The summed E-state index contributed by atoms with van der Waals surface area (Å²) in [6.45, 7) is 0.143. The molecule has 1 aliphatic heterocycles. The van der Waals surface area contributed by atoms with Crippen LogP contribution in [-0.4, -0.2) is 29.2 Å². The molecule has 3 fully saturated rings. The minimum Gasteiger partial charge on any atom is -0.325 e. The first kappa shape index (κ1) is 17.0. The molecular formula is C18H18BrClN2O3. The number of halogens is 2. The number of likely N-dealkylation sites (tertiary alicyclic amines) is 1. The van der Waals surface area contributed by atoms with Gasteiger partial charge in [0.1, 0.15) is 0 Å². The Hall–Kier alpha value is -1.40. The number of amides is 3. The highest BCUT2D eigenvalue weighted by Crippen LogP contribution is 2.56. The van der Waals surface area contributed by atoms with Crippen LogP contribution in [0.25, 0.3) is 0 Å². The SMILES string of the molecule is O=C(CCN1C(=O)[C@H]2[C@H]3CC[C@@H](C3)[C@@H]2C1=O)Nc1ccc(Br)cc1Cl. The molecule has 1 N–H and O–H groups in total. The molecule has 2 saturated carbocycles. The van der Waals surface area contributed by atoms with Crippen LogP contribution in [0.3, 0.4) is 0 Å². The molecule has 25 heavy (non-hydrogen) atoms. The number of hydrogen-bond donors (Lipinski definition) is 1.